The van der Waals surface area contributed by atoms with Gasteiger partial charge in [-0.2, -0.15) is 0 Å². The van der Waals surface area contributed by atoms with Gasteiger partial charge in [-0.1, -0.05) is 12.0 Å². The molecule has 26 heavy (non-hydrogen) atoms. The van der Waals surface area contributed by atoms with Gasteiger partial charge in [0.15, 0.2) is 11.1 Å². The van der Waals surface area contributed by atoms with E-state index in [4.69, 9.17) is 12.2 Å². The highest BCUT2D eigenvalue weighted by Crippen LogP contribution is 2.18. The van der Waals surface area contributed by atoms with E-state index < -0.39 is 0 Å². The molecular formula is C18H20N6OS. The predicted molar refractivity (Wildman–Crippen MR) is 105 cm³/mol. The lowest BCUT2D eigenvalue weighted by Crippen LogP contribution is -2.51. The van der Waals surface area contributed by atoms with Gasteiger partial charge < -0.3 is 20.9 Å². The number of nitrogens with two attached hydrogens (primary N) is 1. The number of nitrogens with zero attached hydrogens (tertiary/aromatic N) is 4. The monoisotopic (exact) mass is 368 g/mol. The molecular weight excluding hydrogens is 348 g/mol. The maximum absolute atomic E-state index is 12.0. The zero-order chi connectivity index (χ0) is 18.4. The highest BCUT2D eigenvalue weighted by Gasteiger charge is 2.19. The van der Waals surface area contributed by atoms with Crippen LogP contribution in [0.2, 0.25) is 0 Å². The molecule has 0 unspecified atom stereocenters. The molecule has 3 N–H and O–H groups in total. The Kier molecular flexibility index (Phi) is 5.71. The first kappa shape index (κ1) is 17.8. The molecule has 2 heterocycles. The minimum Gasteiger partial charge on any atom is -0.370 e. The fourth-order valence-electron chi connectivity index (χ4n) is 2.64. The molecule has 0 spiro atoms. The Morgan fingerprint density at radius 3 is 2.88 bits per heavy atom. The summed E-state index contributed by atoms with van der Waals surface area (Å²) >= 11 is 1.63. The molecule has 0 atom stereocenters. The number of anilines is 2. The number of terminal acetylenes is 1. The zero-order valence-electron chi connectivity index (χ0n) is 14.3. The maximum Gasteiger partial charge on any atom is 0.246 e. The van der Waals surface area contributed by atoms with Crippen molar-refractivity contribution in [1.82, 2.24) is 9.88 Å². The number of guanidine groups is 1. The van der Waals surface area contributed by atoms with Gasteiger partial charge >= 0.3 is 0 Å². The van der Waals surface area contributed by atoms with E-state index in [1.54, 1.807) is 41.8 Å². The molecule has 8 heteroatoms. The molecule has 1 amide bonds. The molecule has 7 nitrogen and oxygen atoms in total. The van der Waals surface area contributed by atoms with E-state index in [1.165, 1.54) is 0 Å². The minimum atomic E-state index is -0.233. The minimum absolute atomic E-state index is 0.0290. The first-order valence-corrected chi connectivity index (χ1v) is 9.09. The summed E-state index contributed by atoms with van der Waals surface area (Å²) in [5.41, 5.74) is 7.40. The van der Waals surface area contributed by atoms with Gasteiger partial charge in [-0.25, -0.2) is 9.98 Å². The molecule has 2 aromatic rings. The molecule has 0 radical (unpaired) electrons. The lowest BCUT2D eigenvalue weighted by atomic mass is 10.2. The maximum atomic E-state index is 12.0. The SMILES string of the molecule is C#Cc1cccc(NC(=O)CN=C(N)N2CCN(c3nccs3)CC2)c1. The van der Waals surface area contributed by atoms with Crippen LogP contribution in [0, 0.1) is 12.3 Å². The van der Waals surface area contributed by atoms with Crippen LogP contribution in [0.3, 0.4) is 0 Å². The van der Waals surface area contributed by atoms with Gasteiger partial charge in [0.05, 0.1) is 0 Å². The van der Waals surface area contributed by atoms with Crippen LogP contribution >= 0.6 is 11.3 Å². The van der Waals surface area contributed by atoms with Crippen LogP contribution < -0.4 is 16.0 Å². The van der Waals surface area contributed by atoms with Crippen LogP contribution in [0.5, 0.6) is 0 Å². The second-order valence-corrected chi connectivity index (χ2v) is 6.61. The molecule has 1 fully saturated rings. The van der Waals surface area contributed by atoms with Crippen molar-refractivity contribution in [2.75, 3.05) is 42.9 Å². The molecule has 134 valence electrons. The molecule has 0 saturated carbocycles. The quantitative estimate of drug-likeness (QED) is 0.481. The molecule has 3 rings (SSSR count). The van der Waals surface area contributed by atoms with Crippen LogP contribution in [0.25, 0.3) is 0 Å². The zero-order valence-corrected chi connectivity index (χ0v) is 15.1. The van der Waals surface area contributed by atoms with Crippen molar-refractivity contribution in [2.45, 2.75) is 0 Å². The van der Waals surface area contributed by atoms with E-state index in [-0.39, 0.29) is 12.5 Å². The van der Waals surface area contributed by atoms with Crippen molar-refractivity contribution < 1.29 is 4.79 Å². The Hall–Kier alpha value is -3.05. The highest BCUT2D eigenvalue weighted by atomic mass is 32.1. The average molecular weight is 368 g/mol. The first-order valence-electron chi connectivity index (χ1n) is 8.21. The number of thiazole rings is 1. The molecule has 1 aliphatic rings. The Morgan fingerprint density at radius 1 is 1.38 bits per heavy atom. The van der Waals surface area contributed by atoms with Crippen molar-refractivity contribution >= 4 is 34.0 Å². The number of amides is 1. The number of aromatic nitrogens is 1. The number of carbonyl (C=O) groups excluding carboxylic acids is 1. The normalized spacial score (nSPS) is 14.8. The molecule has 1 aromatic heterocycles. The van der Waals surface area contributed by atoms with Crippen molar-refractivity contribution in [3.63, 3.8) is 0 Å². The summed E-state index contributed by atoms with van der Waals surface area (Å²) in [7, 11) is 0. The lowest BCUT2D eigenvalue weighted by molar-refractivity contribution is -0.114. The van der Waals surface area contributed by atoms with E-state index in [1.807, 2.05) is 10.3 Å². The number of nitrogens with one attached hydrogen (secondary N) is 1. The van der Waals surface area contributed by atoms with Crippen molar-refractivity contribution in [1.29, 1.82) is 0 Å². The summed E-state index contributed by atoms with van der Waals surface area (Å²) in [4.78, 5) is 24.8. The number of aliphatic imine (C=N–C) groups is 1. The van der Waals surface area contributed by atoms with Crippen molar-refractivity contribution in [3.05, 3.63) is 41.4 Å². The van der Waals surface area contributed by atoms with Crippen LogP contribution in [0.1, 0.15) is 5.56 Å². The van der Waals surface area contributed by atoms with E-state index >= 15 is 0 Å². The lowest BCUT2D eigenvalue weighted by Gasteiger charge is -2.35. The Balaban J connectivity index is 1.49. The standard InChI is InChI=1S/C18H20N6OS/c1-2-14-4-3-5-15(12-14)22-16(25)13-21-17(19)23-7-9-24(10-8-23)18-20-6-11-26-18/h1,3-6,11-12H,7-10,13H2,(H2,19,21)(H,22,25). The second kappa shape index (κ2) is 8.36. The number of carbonyl (C=O) groups is 1. The van der Waals surface area contributed by atoms with Gasteiger partial charge in [-0.15, -0.1) is 17.8 Å². The summed E-state index contributed by atoms with van der Waals surface area (Å²) in [6.45, 7) is 3.13. The van der Waals surface area contributed by atoms with Crippen molar-refractivity contribution in [3.8, 4) is 12.3 Å². The summed E-state index contributed by atoms with van der Waals surface area (Å²) in [5, 5.41) is 5.76. The van der Waals surface area contributed by atoms with E-state index in [2.05, 4.69) is 26.1 Å². The second-order valence-electron chi connectivity index (χ2n) is 5.74. The molecule has 1 saturated heterocycles. The molecule has 0 aliphatic carbocycles. The van der Waals surface area contributed by atoms with Gasteiger partial charge in [0.25, 0.3) is 0 Å². The summed E-state index contributed by atoms with van der Waals surface area (Å²) in [5.74, 6) is 2.69. The predicted octanol–water partition coefficient (Wildman–Crippen LogP) is 1.20. The number of hydrogen-bond donors (Lipinski definition) is 2. The summed E-state index contributed by atoms with van der Waals surface area (Å²) in [6.07, 6.45) is 7.16. The van der Waals surface area contributed by atoms with Crippen LogP contribution in [0.4, 0.5) is 10.8 Å². The van der Waals surface area contributed by atoms with Gasteiger partial charge in [0, 0.05) is 49.0 Å². The molecule has 1 aromatic carbocycles. The Bertz CT molecular complexity index is 818. The number of benzene rings is 1. The van der Waals surface area contributed by atoms with Crippen molar-refractivity contribution in [2.24, 2.45) is 10.7 Å². The topological polar surface area (TPSA) is 86.8 Å². The summed E-state index contributed by atoms with van der Waals surface area (Å²) < 4.78 is 0. The third-order valence-corrected chi connectivity index (χ3v) is 4.82. The van der Waals surface area contributed by atoms with Crippen LogP contribution in [-0.4, -0.2) is 54.5 Å². The highest BCUT2D eigenvalue weighted by molar-refractivity contribution is 7.13. The van der Waals surface area contributed by atoms with Gasteiger partial charge in [0.2, 0.25) is 5.91 Å². The third-order valence-electron chi connectivity index (χ3n) is 3.99. The molecule has 1 aliphatic heterocycles. The number of rotatable bonds is 4. The van der Waals surface area contributed by atoms with E-state index in [0.29, 0.717) is 17.2 Å². The fraction of sp³-hybridized carbons (Fsp3) is 0.278. The molecule has 0 bridgehead atoms. The smallest absolute Gasteiger partial charge is 0.246 e. The average Bonchev–Trinajstić information content (AvgIpc) is 3.21. The Labute approximate surface area is 156 Å². The number of piperazine rings is 1. The van der Waals surface area contributed by atoms with Crippen LogP contribution in [-0.2, 0) is 4.79 Å². The van der Waals surface area contributed by atoms with Crippen LogP contribution in [0.15, 0.2) is 40.8 Å². The Morgan fingerprint density at radius 2 is 2.19 bits per heavy atom. The first-order chi connectivity index (χ1) is 12.7. The van der Waals surface area contributed by atoms with Gasteiger partial charge in [-0.05, 0) is 18.2 Å². The third kappa shape index (κ3) is 4.52. The van der Waals surface area contributed by atoms with Gasteiger partial charge in [0.1, 0.15) is 6.54 Å². The van der Waals surface area contributed by atoms with E-state index in [9.17, 15) is 4.79 Å². The fourth-order valence-corrected chi connectivity index (χ4v) is 3.34. The largest absolute Gasteiger partial charge is 0.370 e. The van der Waals surface area contributed by atoms with E-state index in [0.717, 1.165) is 31.3 Å². The number of hydrogen-bond acceptors (Lipinski definition) is 5. The van der Waals surface area contributed by atoms with Gasteiger partial charge in [-0.3, -0.25) is 4.79 Å². The summed E-state index contributed by atoms with van der Waals surface area (Å²) in [6, 6.07) is 7.12.